The molecule has 1 aromatic carbocycles. The molecule has 1 aromatic heterocycles. The number of hydrogen-bond acceptors (Lipinski definition) is 4. The number of benzene rings is 1. The van der Waals surface area contributed by atoms with Gasteiger partial charge in [0.05, 0.1) is 21.1 Å². The van der Waals surface area contributed by atoms with Crippen molar-refractivity contribution in [3.63, 3.8) is 0 Å². The average Bonchev–Trinajstić information content (AvgIpc) is 2.83. The first kappa shape index (κ1) is 13.6. The van der Waals surface area contributed by atoms with Crippen LogP contribution in [0.5, 0.6) is 0 Å². The molecule has 1 atom stereocenters. The lowest BCUT2D eigenvalue weighted by Gasteiger charge is -2.11. The van der Waals surface area contributed by atoms with Crippen LogP contribution in [0.1, 0.15) is 29.2 Å². The molecule has 96 valence electrons. The van der Waals surface area contributed by atoms with E-state index in [1.54, 1.807) is 12.1 Å². The first-order valence-electron chi connectivity index (χ1n) is 5.55. The Labute approximate surface area is 117 Å². The van der Waals surface area contributed by atoms with Crippen LogP contribution in [0, 0.1) is 5.82 Å². The number of hydrogen-bond donors (Lipinski definition) is 1. The summed E-state index contributed by atoms with van der Waals surface area (Å²) in [5.74, 6) is -0.321. The van der Waals surface area contributed by atoms with E-state index in [2.05, 4.69) is 25.5 Å². The summed E-state index contributed by atoms with van der Waals surface area (Å²) in [5, 5.41) is 14.1. The van der Waals surface area contributed by atoms with E-state index in [4.69, 9.17) is 0 Å². The van der Waals surface area contributed by atoms with E-state index in [1.165, 1.54) is 17.6 Å². The van der Waals surface area contributed by atoms with Crippen molar-refractivity contribution in [2.45, 2.75) is 25.9 Å². The molecule has 1 unspecified atom stereocenters. The Morgan fingerprint density at radius 1 is 1.50 bits per heavy atom. The second-order valence-electron chi connectivity index (χ2n) is 3.87. The number of aliphatic hydroxyl groups excluding tert-OH is 1. The van der Waals surface area contributed by atoms with Gasteiger partial charge in [0.25, 0.3) is 0 Å². The monoisotopic (exact) mass is 330 g/mol. The largest absolute Gasteiger partial charge is 0.387 e. The van der Waals surface area contributed by atoms with E-state index in [-0.39, 0.29) is 5.82 Å². The molecule has 6 heteroatoms. The minimum absolute atomic E-state index is 0.321. The fourth-order valence-electron chi connectivity index (χ4n) is 1.72. The van der Waals surface area contributed by atoms with Crippen molar-refractivity contribution in [3.05, 3.63) is 44.6 Å². The molecule has 18 heavy (non-hydrogen) atoms. The van der Waals surface area contributed by atoms with Gasteiger partial charge in [-0.25, -0.2) is 4.39 Å². The second-order valence-corrected chi connectivity index (χ2v) is 5.45. The number of halogens is 2. The standard InChI is InChI=1S/C12H12BrFN2OS/c1-2-9-12(18-16-15-9)10(17)6-7-4-3-5-8(14)11(7)13/h3-5,10,17H,2,6H2,1H3. The minimum atomic E-state index is -0.696. The predicted molar refractivity (Wildman–Crippen MR) is 72.1 cm³/mol. The Morgan fingerprint density at radius 3 is 3.00 bits per heavy atom. The predicted octanol–water partition coefficient (Wildman–Crippen LogP) is 3.28. The Morgan fingerprint density at radius 2 is 2.28 bits per heavy atom. The lowest BCUT2D eigenvalue weighted by Crippen LogP contribution is -2.04. The lowest BCUT2D eigenvalue weighted by molar-refractivity contribution is 0.180. The van der Waals surface area contributed by atoms with Crippen LogP contribution in [0.3, 0.4) is 0 Å². The van der Waals surface area contributed by atoms with E-state index < -0.39 is 6.10 Å². The van der Waals surface area contributed by atoms with E-state index in [1.807, 2.05) is 6.92 Å². The van der Waals surface area contributed by atoms with E-state index in [0.717, 1.165) is 22.6 Å². The van der Waals surface area contributed by atoms with Crippen LogP contribution < -0.4 is 0 Å². The molecule has 0 aliphatic carbocycles. The summed E-state index contributed by atoms with van der Waals surface area (Å²) >= 11 is 4.38. The molecular weight excluding hydrogens is 319 g/mol. The number of aliphatic hydroxyl groups is 1. The molecule has 0 aliphatic heterocycles. The number of rotatable bonds is 4. The Kier molecular flexibility index (Phi) is 4.42. The van der Waals surface area contributed by atoms with Crippen molar-refractivity contribution >= 4 is 27.5 Å². The highest BCUT2D eigenvalue weighted by Gasteiger charge is 2.18. The molecule has 2 aromatic rings. The summed E-state index contributed by atoms with van der Waals surface area (Å²) in [6, 6.07) is 4.80. The Hall–Kier alpha value is -0.850. The zero-order chi connectivity index (χ0) is 13.1. The Bertz CT molecular complexity index is 547. The fraction of sp³-hybridized carbons (Fsp3) is 0.333. The van der Waals surface area contributed by atoms with Crippen molar-refractivity contribution in [2.24, 2.45) is 0 Å². The molecule has 0 fully saturated rings. The van der Waals surface area contributed by atoms with Gasteiger partial charge in [0.15, 0.2) is 0 Å². The van der Waals surface area contributed by atoms with Crippen molar-refractivity contribution < 1.29 is 9.50 Å². The summed E-state index contributed by atoms with van der Waals surface area (Å²) < 4.78 is 17.6. The highest BCUT2D eigenvalue weighted by Crippen LogP contribution is 2.28. The van der Waals surface area contributed by atoms with Crippen molar-refractivity contribution in [2.75, 3.05) is 0 Å². The molecule has 2 rings (SSSR count). The molecular formula is C12H12BrFN2OS. The highest BCUT2D eigenvalue weighted by atomic mass is 79.9. The third-order valence-corrected chi connectivity index (χ3v) is 4.42. The van der Waals surface area contributed by atoms with Gasteiger partial charge in [0.2, 0.25) is 0 Å². The first-order chi connectivity index (χ1) is 8.63. The Balaban J connectivity index is 2.21. The van der Waals surface area contributed by atoms with Crippen molar-refractivity contribution in [3.8, 4) is 0 Å². The zero-order valence-electron chi connectivity index (χ0n) is 9.73. The normalized spacial score (nSPS) is 12.7. The summed E-state index contributed by atoms with van der Waals surface area (Å²) in [6.07, 6.45) is 0.376. The van der Waals surface area contributed by atoms with Gasteiger partial charge >= 0.3 is 0 Å². The molecule has 0 spiro atoms. The maximum absolute atomic E-state index is 13.4. The van der Waals surface area contributed by atoms with Crippen LogP contribution in [-0.4, -0.2) is 14.7 Å². The van der Waals surface area contributed by atoms with Crippen LogP contribution in [0.25, 0.3) is 0 Å². The maximum atomic E-state index is 13.4. The van der Waals surface area contributed by atoms with Crippen LogP contribution in [0.2, 0.25) is 0 Å². The third-order valence-electron chi connectivity index (χ3n) is 2.67. The average molecular weight is 331 g/mol. The third kappa shape index (κ3) is 2.76. The van der Waals surface area contributed by atoms with Gasteiger partial charge in [0.1, 0.15) is 5.82 Å². The summed E-state index contributed by atoms with van der Waals surface area (Å²) in [4.78, 5) is 0.758. The van der Waals surface area contributed by atoms with Gasteiger partial charge in [-0.15, -0.1) is 5.10 Å². The van der Waals surface area contributed by atoms with Crippen LogP contribution >= 0.6 is 27.5 Å². The molecule has 0 amide bonds. The van der Waals surface area contributed by atoms with E-state index in [0.29, 0.717) is 10.9 Å². The van der Waals surface area contributed by atoms with Gasteiger partial charge in [0, 0.05) is 6.42 Å². The number of aryl methyl sites for hydroxylation is 1. The SMILES string of the molecule is CCc1nnsc1C(O)Cc1cccc(F)c1Br. The van der Waals surface area contributed by atoms with Crippen molar-refractivity contribution in [1.82, 2.24) is 9.59 Å². The van der Waals surface area contributed by atoms with Crippen LogP contribution in [0.15, 0.2) is 22.7 Å². The molecule has 1 heterocycles. The molecule has 0 radical (unpaired) electrons. The summed E-state index contributed by atoms with van der Waals surface area (Å²) in [5.41, 5.74) is 1.54. The van der Waals surface area contributed by atoms with Crippen LogP contribution in [-0.2, 0) is 12.8 Å². The quantitative estimate of drug-likeness (QED) is 0.935. The molecule has 0 bridgehead atoms. The zero-order valence-corrected chi connectivity index (χ0v) is 12.1. The molecule has 1 N–H and O–H groups in total. The molecule has 3 nitrogen and oxygen atoms in total. The summed E-state index contributed by atoms with van der Waals surface area (Å²) in [7, 11) is 0. The van der Waals surface area contributed by atoms with E-state index in [9.17, 15) is 9.50 Å². The fourth-order valence-corrected chi connectivity index (χ4v) is 2.87. The van der Waals surface area contributed by atoms with E-state index >= 15 is 0 Å². The molecule has 0 aliphatic rings. The van der Waals surface area contributed by atoms with Gasteiger partial charge in [-0.3, -0.25) is 0 Å². The second kappa shape index (κ2) is 5.86. The van der Waals surface area contributed by atoms with Crippen molar-refractivity contribution in [1.29, 1.82) is 0 Å². The smallest absolute Gasteiger partial charge is 0.137 e. The summed E-state index contributed by atoms with van der Waals surface area (Å²) in [6.45, 7) is 1.96. The number of nitrogens with zero attached hydrogens (tertiary/aromatic N) is 2. The first-order valence-corrected chi connectivity index (χ1v) is 7.12. The van der Waals surface area contributed by atoms with Gasteiger partial charge in [-0.2, -0.15) is 0 Å². The highest BCUT2D eigenvalue weighted by molar-refractivity contribution is 9.10. The van der Waals surface area contributed by atoms with Gasteiger partial charge in [-0.05, 0) is 45.5 Å². The molecule has 0 saturated heterocycles. The van der Waals surface area contributed by atoms with Gasteiger partial charge < -0.3 is 5.11 Å². The maximum Gasteiger partial charge on any atom is 0.137 e. The molecule has 0 saturated carbocycles. The van der Waals surface area contributed by atoms with Crippen LogP contribution in [0.4, 0.5) is 4.39 Å². The topological polar surface area (TPSA) is 46.0 Å². The minimum Gasteiger partial charge on any atom is -0.387 e. The lowest BCUT2D eigenvalue weighted by atomic mass is 10.1. The van der Waals surface area contributed by atoms with Gasteiger partial charge in [-0.1, -0.05) is 23.5 Å². The number of aromatic nitrogens is 2.